The number of aromatic nitrogens is 1. The van der Waals surface area contributed by atoms with Crippen LogP contribution in [0.15, 0.2) is 54.7 Å². The molecule has 28 heavy (non-hydrogen) atoms. The Kier molecular flexibility index (Phi) is 5.35. The van der Waals surface area contributed by atoms with Crippen LogP contribution in [0.25, 0.3) is 10.9 Å². The second-order valence-electron chi connectivity index (χ2n) is 7.34. The topological polar surface area (TPSA) is 37.7 Å². The van der Waals surface area contributed by atoms with Gasteiger partial charge >= 0.3 is 0 Å². The van der Waals surface area contributed by atoms with Crippen LogP contribution in [0.5, 0.6) is 5.75 Å². The molecule has 0 N–H and O–H groups in total. The second kappa shape index (κ2) is 8.07. The molecule has 0 amide bonds. The van der Waals surface area contributed by atoms with E-state index in [4.69, 9.17) is 4.74 Å². The number of Topliss-reactive ketones (excluding diaryl/α,β-unsaturated/α-hetero) is 1. The predicted molar refractivity (Wildman–Crippen MR) is 114 cm³/mol. The third-order valence-corrected chi connectivity index (χ3v) is 5.65. The summed E-state index contributed by atoms with van der Waals surface area (Å²) >= 11 is 0. The van der Waals surface area contributed by atoms with Crippen molar-refractivity contribution < 1.29 is 9.53 Å². The Morgan fingerprint density at radius 2 is 1.71 bits per heavy atom. The lowest BCUT2D eigenvalue weighted by Gasteiger charge is -2.36. The van der Waals surface area contributed by atoms with Gasteiger partial charge in [-0.05, 0) is 18.2 Å². The third kappa shape index (κ3) is 3.62. The number of para-hydroxylation sites is 3. The maximum Gasteiger partial charge on any atom is 0.166 e. The number of hydrogen-bond donors (Lipinski definition) is 0. The zero-order valence-electron chi connectivity index (χ0n) is 16.6. The first-order valence-electron chi connectivity index (χ1n) is 9.85. The van der Waals surface area contributed by atoms with Crippen molar-refractivity contribution in [1.82, 2.24) is 9.47 Å². The summed E-state index contributed by atoms with van der Waals surface area (Å²) in [7, 11) is 3.71. The number of hydrogen-bond acceptors (Lipinski definition) is 4. The summed E-state index contributed by atoms with van der Waals surface area (Å²) in [4.78, 5) is 17.6. The highest BCUT2D eigenvalue weighted by Crippen LogP contribution is 2.28. The monoisotopic (exact) mass is 377 g/mol. The van der Waals surface area contributed by atoms with E-state index in [0.29, 0.717) is 6.42 Å². The van der Waals surface area contributed by atoms with Gasteiger partial charge in [-0.3, -0.25) is 9.69 Å². The van der Waals surface area contributed by atoms with Gasteiger partial charge in [-0.15, -0.1) is 0 Å². The molecule has 1 aliphatic heterocycles. The highest BCUT2D eigenvalue weighted by atomic mass is 16.5. The van der Waals surface area contributed by atoms with Crippen LogP contribution >= 0.6 is 0 Å². The average molecular weight is 377 g/mol. The molecule has 0 radical (unpaired) electrons. The smallest absolute Gasteiger partial charge is 0.166 e. The largest absolute Gasteiger partial charge is 0.495 e. The summed E-state index contributed by atoms with van der Waals surface area (Å²) in [5, 5.41) is 1.05. The van der Waals surface area contributed by atoms with Gasteiger partial charge in [0.25, 0.3) is 0 Å². The Balaban J connectivity index is 1.35. The second-order valence-corrected chi connectivity index (χ2v) is 7.34. The first-order chi connectivity index (χ1) is 13.7. The van der Waals surface area contributed by atoms with Gasteiger partial charge in [0.15, 0.2) is 5.78 Å². The average Bonchev–Trinajstić information content (AvgIpc) is 3.09. The number of piperazine rings is 1. The zero-order valence-corrected chi connectivity index (χ0v) is 16.6. The predicted octanol–water partition coefficient (Wildman–Crippen LogP) is 3.58. The van der Waals surface area contributed by atoms with E-state index >= 15 is 0 Å². The number of ketones is 1. The minimum Gasteiger partial charge on any atom is -0.495 e. The van der Waals surface area contributed by atoms with Crippen molar-refractivity contribution in [2.45, 2.75) is 6.42 Å². The van der Waals surface area contributed by atoms with Crippen LogP contribution in [-0.4, -0.2) is 55.1 Å². The van der Waals surface area contributed by atoms with Crippen LogP contribution in [0.2, 0.25) is 0 Å². The Morgan fingerprint density at radius 1 is 1.00 bits per heavy atom. The third-order valence-electron chi connectivity index (χ3n) is 5.65. The van der Waals surface area contributed by atoms with Crippen LogP contribution < -0.4 is 9.64 Å². The van der Waals surface area contributed by atoms with Gasteiger partial charge in [0.1, 0.15) is 5.75 Å². The van der Waals surface area contributed by atoms with Gasteiger partial charge in [0.05, 0.1) is 12.8 Å². The number of carbonyl (C=O) groups excluding carboxylic acids is 1. The number of aryl methyl sites for hydroxylation is 1. The molecule has 1 aliphatic rings. The minimum absolute atomic E-state index is 0.226. The van der Waals surface area contributed by atoms with E-state index in [-0.39, 0.29) is 5.78 Å². The molecule has 1 aromatic heterocycles. The zero-order chi connectivity index (χ0) is 19.5. The lowest BCUT2D eigenvalue weighted by Crippen LogP contribution is -2.47. The van der Waals surface area contributed by atoms with E-state index in [1.807, 2.05) is 54.2 Å². The van der Waals surface area contributed by atoms with Gasteiger partial charge in [-0.2, -0.15) is 0 Å². The van der Waals surface area contributed by atoms with E-state index in [2.05, 4.69) is 21.9 Å². The highest BCUT2D eigenvalue weighted by molar-refractivity contribution is 6.08. The molecule has 0 unspecified atom stereocenters. The van der Waals surface area contributed by atoms with Gasteiger partial charge in [-0.25, -0.2) is 0 Å². The number of methoxy groups -OCH3 is 1. The molecule has 2 heterocycles. The summed E-state index contributed by atoms with van der Waals surface area (Å²) in [6, 6.07) is 16.3. The van der Waals surface area contributed by atoms with E-state index in [0.717, 1.165) is 60.6 Å². The standard InChI is InChI=1S/C23H27N3O2/c1-24-17-19(18-7-3-4-8-20(18)24)22(27)11-12-25-13-15-26(16-14-25)21-9-5-6-10-23(21)28-2/h3-10,17H,11-16H2,1-2H3. The Bertz CT molecular complexity index is 971. The first-order valence-corrected chi connectivity index (χ1v) is 9.85. The first kappa shape index (κ1) is 18.6. The van der Waals surface area contributed by atoms with E-state index in [9.17, 15) is 4.79 Å². The number of benzene rings is 2. The molecule has 146 valence electrons. The SMILES string of the molecule is COc1ccccc1N1CCN(CCC(=O)c2cn(C)c3ccccc23)CC1. The summed E-state index contributed by atoms with van der Waals surface area (Å²) in [6.45, 7) is 4.62. The maximum atomic E-state index is 12.8. The Morgan fingerprint density at radius 3 is 2.50 bits per heavy atom. The fourth-order valence-corrected chi connectivity index (χ4v) is 4.06. The fourth-order valence-electron chi connectivity index (χ4n) is 4.06. The van der Waals surface area contributed by atoms with Crippen molar-refractivity contribution >= 4 is 22.4 Å². The molecule has 5 nitrogen and oxygen atoms in total. The number of rotatable bonds is 6. The van der Waals surface area contributed by atoms with Gasteiger partial charge in [-0.1, -0.05) is 30.3 Å². The van der Waals surface area contributed by atoms with E-state index in [1.165, 1.54) is 0 Å². The van der Waals surface area contributed by atoms with Crippen LogP contribution in [-0.2, 0) is 7.05 Å². The van der Waals surface area contributed by atoms with Gasteiger partial charge in [0.2, 0.25) is 0 Å². The number of fused-ring (bicyclic) bond motifs is 1. The lowest BCUT2D eigenvalue weighted by molar-refractivity contribution is 0.0964. The van der Waals surface area contributed by atoms with Gasteiger partial charge in [0, 0.05) is 68.9 Å². The van der Waals surface area contributed by atoms with Crippen LogP contribution in [0.1, 0.15) is 16.8 Å². The van der Waals surface area contributed by atoms with Crippen molar-refractivity contribution in [3.63, 3.8) is 0 Å². The summed E-state index contributed by atoms with van der Waals surface area (Å²) in [6.07, 6.45) is 2.52. The van der Waals surface area contributed by atoms with Crippen LogP contribution in [0, 0.1) is 0 Å². The number of anilines is 1. The van der Waals surface area contributed by atoms with E-state index in [1.54, 1.807) is 7.11 Å². The molecule has 4 rings (SSSR count). The Labute approximate surface area is 166 Å². The molecule has 0 bridgehead atoms. The molecule has 1 fully saturated rings. The number of carbonyl (C=O) groups is 1. The van der Waals surface area contributed by atoms with Crippen molar-refractivity contribution in [3.8, 4) is 5.75 Å². The molecule has 1 saturated heterocycles. The van der Waals surface area contributed by atoms with Crippen molar-refractivity contribution in [2.75, 3.05) is 44.7 Å². The van der Waals surface area contributed by atoms with Crippen molar-refractivity contribution in [2.24, 2.45) is 7.05 Å². The minimum atomic E-state index is 0.226. The molecule has 0 aliphatic carbocycles. The molecule has 3 aromatic rings. The molecule has 2 aromatic carbocycles. The van der Waals surface area contributed by atoms with Crippen molar-refractivity contribution in [1.29, 1.82) is 0 Å². The molecular formula is C23H27N3O2. The molecule has 0 spiro atoms. The molecule has 0 atom stereocenters. The summed E-state index contributed by atoms with van der Waals surface area (Å²) < 4.78 is 7.52. The fraction of sp³-hybridized carbons (Fsp3) is 0.348. The molecule has 0 saturated carbocycles. The highest BCUT2D eigenvalue weighted by Gasteiger charge is 2.21. The summed E-state index contributed by atoms with van der Waals surface area (Å²) in [5.74, 6) is 1.14. The quantitative estimate of drug-likeness (QED) is 0.616. The number of ether oxygens (including phenoxy) is 1. The van der Waals surface area contributed by atoms with Crippen LogP contribution in [0.4, 0.5) is 5.69 Å². The molecular weight excluding hydrogens is 350 g/mol. The van der Waals surface area contributed by atoms with Gasteiger partial charge < -0.3 is 14.2 Å². The van der Waals surface area contributed by atoms with Crippen molar-refractivity contribution in [3.05, 3.63) is 60.3 Å². The van der Waals surface area contributed by atoms with Crippen LogP contribution in [0.3, 0.4) is 0 Å². The molecule has 5 heteroatoms. The Hall–Kier alpha value is -2.79. The van der Waals surface area contributed by atoms with E-state index < -0.39 is 0 Å². The normalized spacial score (nSPS) is 15.1. The lowest BCUT2D eigenvalue weighted by atomic mass is 10.1. The maximum absolute atomic E-state index is 12.8. The number of nitrogens with zero attached hydrogens (tertiary/aromatic N) is 3. The summed E-state index contributed by atoms with van der Waals surface area (Å²) in [5.41, 5.74) is 3.10.